The molecule has 3 nitrogen and oxygen atoms in total. The molecule has 0 aromatic heterocycles. The molecule has 3 heteroatoms. The van der Waals surface area contributed by atoms with E-state index in [9.17, 15) is 0 Å². The van der Waals surface area contributed by atoms with Crippen LogP contribution < -0.4 is 5.32 Å². The molecular weight excluding hydrogens is 342 g/mol. The normalized spacial score (nSPS) is 14.8. The third-order valence-electron chi connectivity index (χ3n) is 5.23. The van der Waals surface area contributed by atoms with E-state index in [1.54, 1.807) is 0 Å². The Morgan fingerprint density at radius 2 is 1.71 bits per heavy atom. The third kappa shape index (κ3) is 4.59. The Hall–Kier alpha value is -2.26. The third-order valence-corrected chi connectivity index (χ3v) is 5.23. The van der Waals surface area contributed by atoms with Gasteiger partial charge in [-0.05, 0) is 41.0 Å². The largest absolute Gasteiger partial charge is 0.281 e. The van der Waals surface area contributed by atoms with Crippen molar-refractivity contribution in [1.29, 1.82) is 0 Å². The van der Waals surface area contributed by atoms with Crippen LogP contribution in [0.1, 0.15) is 70.4 Å². The Morgan fingerprint density at radius 3 is 2.29 bits per heavy atom. The summed E-state index contributed by atoms with van der Waals surface area (Å²) in [4.78, 5) is 9.39. The highest BCUT2D eigenvalue weighted by atomic mass is 15.1. The van der Waals surface area contributed by atoms with E-state index in [2.05, 4.69) is 94.1 Å². The molecule has 0 saturated carbocycles. The van der Waals surface area contributed by atoms with Gasteiger partial charge in [0.2, 0.25) is 0 Å². The van der Waals surface area contributed by atoms with Crippen molar-refractivity contribution in [2.75, 3.05) is 6.54 Å². The first-order valence-corrected chi connectivity index (χ1v) is 10.3. The van der Waals surface area contributed by atoms with Crippen molar-refractivity contribution in [2.45, 2.75) is 59.3 Å². The average Bonchev–Trinajstić information content (AvgIpc) is 3.20. The van der Waals surface area contributed by atoms with Crippen LogP contribution in [-0.4, -0.2) is 18.0 Å². The van der Waals surface area contributed by atoms with Crippen LogP contribution in [0.5, 0.6) is 0 Å². The number of nitrogens with zero attached hydrogens (tertiary/aromatic N) is 2. The summed E-state index contributed by atoms with van der Waals surface area (Å²) in [6, 6.07) is 15.3. The van der Waals surface area contributed by atoms with Gasteiger partial charge in [0, 0.05) is 30.0 Å². The second-order valence-corrected chi connectivity index (χ2v) is 7.99. The van der Waals surface area contributed by atoms with E-state index in [-0.39, 0.29) is 0 Å². The van der Waals surface area contributed by atoms with Crippen LogP contribution >= 0.6 is 0 Å². The van der Waals surface area contributed by atoms with Crippen molar-refractivity contribution >= 4 is 17.1 Å². The molecule has 1 heterocycles. The Balaban J connectivity index is 2.11. The summed E-state index contributed by atoms with van der Waals surface area (Å²) in [5, 5.41) is 3.03. The van der Waals surface area contributed by atoms with Crippen LogP contribution in [0.2, 0.25) is 0 Å². The first kappa shape index (κ1) is 20.5. The molecule has 0 fully saturated rings. The van der Waals surface area contributed by atoms with Gasteiger partial charge in [-0.25, -0.2) is 0 Å². The fourth-order valence-corrected chi connectivity index (χ4v) is 3.70. The molecule has 0 saturated heterocycles. The number of nitrogens with one attached hydrogen (secondary N) is 1. The van der Waals surface area contributed by atoms with Crippen molar-refractivity contribution in [3.05, 3.63) is 60.3 Å². The van der Waals surface area contributed by atoms with Gasteiger partial charge in [-0.1, -0.05) is 71.0 Å². The maximum atomic E-state index is 5.10. The van der Waals surface area contributed by atoms with E-state index >= 15 is 0 Å². The highest BCUT2D eigenvalue weighted by molar-refractivity contribution is 6.07. The lowest BCUT2D eigenvalue weighted by atomic mass is 9.84. The van der Waals surface area contributed by atoms with Gasteiger partial charge in [0.15, 0.2) is 6.67 Å². The van der Waals surface area contributed by atoms with E-state index in [4.69, 9.17) is 4.99 Å². The lowest BCUT2D eigenvalue weighted by molar-refractivity contribution is 0.838. The number of benzene rings is 2. The smallest absolute Gasteiger partial charge is 0.196 e. The Morgan fingerprint density at radius 1 is 1.04 bits per heavy atom. The fraction of sp³-hybridized carbons (Fsp3) is 0.400. The predicted molar refractivity (Wildman–Crippen MR) is 121 cm³/mol. The van der Waals surface area contributed by atoms with Gasteiger partial charge in [-0.2, -0.15) is 0 Å². The Kier molecular flexibility index (Phi) is 6.79. The van der Waals surface area contributed by atoms with Gasteiger partial charge in [-0.3, -0.25) is 15.3 Å². The van der Waals surface area contributed by atoms with Crippen LogP contribution in [0.4, 0.5) is 5.69 Å². The fourth-order valence-electron chi connectivity index (χ4n) is 3.70. The van der Waals surface area contributed by atoms with Crippen molar-refractivity contribution in [1.82, 2.24) is 5.32 Å². The molecule has 146 valence electrons. The highest BCUT2D eigenvalue weighted by Gasteiger charge is 2.18. The van der Waals surface area contributed by atoms with E-state index in [1.807, 2.05) is 0 Å². The lowest BCUT2D eigenvalue weighted by Gasteiger charge is -2.21. The zero-order valence-electron chi connectivity index (χ0n) is 17.7. The summed E-state index contributed by atoms with van der Waals surface area (Å²) in [5.41, 5.74) is 8.66. The number of aliphatic imine (C=N–C) groups is 2. The van der Waals surface area contributed by atoms with Crippen LogP contribution in [0.3, 0.4) is 0 Å². The van der Waals surface area contributed by atoms with Crippen LogP contribution in [-0.2, 0) is 0 Å². The van der Waals surface area contributed by atoms with E-state index in [0.717, 1.165) is 36.5 Å². The quantitative estimate of drug-likeness (QED) is 0.552. The van der Waals surface area contributed by atoms with Gasteiger partial charge in [0.05, 0.1) is 5.69 Å². The van der Waals surface area contributed by atoms with Gasteiger partial charge < -0.3 is 0 Å². The summed E-state index contributed by atoms with van der Waals surface area (Å²) < 4.78 is 0. The first-order valence-electron chi connectivity index (χ1n) is 10.3. The summed E-state index contributed by atoms with van der Waals surface area (Å²) in [6.45, 7) is 14.8. The standard InChI is InChI=1S/C25H31N3/c1-6-19(14-20-15-26-16-27-20)28-24-13-8-7-10-23(24)25-21(17(2)3)11-9-12-22(25)18(4)5/h7-13,17-18,26H,6,14-15H2,1-5H3. The highest BCUT2D eigenvalue weighted by Crippen LogP contribution is 2.40. The van der Waals surface area contributed by atoms with Crippen molar-refractivity contribution < 1.29 is 0 Å². The van der Waals surface area contributed by atoms with Crippen molar-refractivity contribution in [2.24, 2.45) is 9.98 Å². The summed E-state index contributed by atoms with van der Waals surface area (Å²) >= 11 is 0. The molecule has 1 aliphatic rings. The molecule has 1 aliphatic heterocycles. The minimum absolute atomic E-state index is 0.460. The zero-order valence-corrected chi connectivity index (χ0v) is 17.7. The molecule has 1 N–H and O–H groups in total. The minimum Gasteiger partial charge on any atom is -0.281 e. The van der Waals surface area contributed by atoms with Crippen molar-refractivity contribution in [3.8, 4) is 11.1 Å². The topological polar surface area (TPSA) is 36.8 Å². The first-order chi connectivity index (χ1) is 13.5. The summed E-state index contributed by atoms with van der Waals surface area (Å²) in [6.07, 6.45) is 1.71. The van der Waals surface area contributed by atoms with E-state index in [0.29, 0.717) is 11.8 Å². The monoisotopic (exact) mass is 373 g/mol. The van der Waals surface area contributed by atoms with Gasteiger partial charge in [0.25, 0.3) is 0 Å². The molecule has 0 bridgehead atoms. The summed E-state index contributed by atoms with van der Waals surface area (Å²) in [5.74, 6) is 0.919. The predicted octanol–water partition coefficient (Wildman–Crippen LogP) is 6.51. The molecule has 0 spiro atoms. The SMILES string of the molecule is CCC(CC1=N[C]NC1)=Nc1ccccc1-c1c(C(C)C)cccc1C(C)C. The molecule has 3 rings (SSSR count). The molecule has 0 atom stereocenters. The van der Waals surface area contributed by atoms with E-state index < -0.39 is 0 Å². The Labute approximate surface area is 170 Å². The second-order valence-electron chi connectivity index (χ2n) is 7.99. The number of hydrogen-bond acceptors (Lipinski definition) is 3. The molecular formula is C25H31N3. The second kappa shape index (κ2) is 9.29. The summed E-state index contributed by atoms with van der Waals surface area (Å²) in [7, 11) is 0. The zero-order chi connectivity index (χ0) is 20.1. The van der Waals surface area contributed by atoms with Crippen LogP contribution in [0.25, 0.3) is 11.1 Å². The number of rotatable bonds is 7. The van der Waals surface area contributed by atoms with Gasteiger partial charge in [0.1, 0.15) is 0 Å². The van der Waals surface area contributed by atoms with Crippen molar-refractivity contribution in [3.63, 3.8) is 0 Å². The molecule has 2 aromatic carbocycles. The molecule has 0 aliphatic carbocycles. The molecule has 2 aromatic rings. The molecule has 0 unspecified atom stereocenters. The Bertz CT molecular complexity index is 849. The van der Waals surface area contributed by atoms with E-state index in [1.165, 1.54) is 22.3 Å². The molecule has 2 radical (unpaired) electrons. The van der Waals surface area contributed by atoms with Crippen LogP contribution in [0, 0.1) is 6.67 Å². The lowest BCUT2D eigenvalue weighted by Crippen LogP contribution is -2.14. The number of para-hydroxylation sites is 1. The minimum atomic E-state index is 0.460. The maximum Gasteiger partial charge on any atom is 0.196 e. The van der Waals surface area contributed by atoms with Gasteiger partial charge in [-0.15, -0.1) is 0 Å². The molecule has 0 amide bonds. The van der Waals surface area contributed by atoms with Crippen LogP contribution in [0.15, 0.2) is 52.4 Å². The average molecular weight is 374 g/mol. The number of hydrogen-bond donors (Lipinski definition) is 1. The maximum absolute atomic E-state index is 5.10. The van der Waals surface area contributed by atoms with Gasteiger partial charge >= 0.3 is 0 Å². The molecule has 28 heavy (non-hydrogen) atoms.